The van der Waals surface area contributed by atoms with Gasteiger partial charge in [0, 0.05) is 11.8 Å². The molecule has 0 aliphatic carbocycles. The van der Waals surface area contributed by atoms with Crippen LogP contribution in [-0.2, 0) is 4.79 Å². The van der Waals surface area contributed by atoms with Crippen molar-refractivity contribution in [1.29, 1.82) is 0 Å². The summed E-state index contributed by atoms with van der Waals surface area (Å²) >= 11 is 0. The lowest BCUT2D eigenvalue weighted by Crippen LogP contribution is -2.22. The molecule has 2 rings (SSSR count). The summed E-state index contributed by atoms with van der Waals surface area (Å²) in [6.07, 6.45) is 0. The van der Waals surface area contributed by atoms with Gasteiger partial charge in [0.1, 0.15) is 11.5 Å². The molecule has 0 aliphatic rings. The molecule has 5 nitrogen and oxygen atoms in total. The second kappa shape index (κ2) is 8.24. The van der Waals surface area contributed by atoms with Crippen molar-refractivity contribution in [3.8, 4) is 11.5 Å². The average molecular weight is 328 g/mol. The third kappa shape index (κ3) is 4.41. The first-order chi connectivity index (χ1) is 11.5. The van der Waals surface area contributed by atoms with E-state index in [0.717, 1.165) is 16.9 Å². The van der Waals surface area contributed by atoms with E-state index in [-0.39, 0.29) is 12.5 Å². The fourth-order valence-corrected chi connectivity index (χ4v) is 2.43. The van der Waals surface area contributed by atoms with Crippen LogP contribution in [0.25, 0.3) is 0 Å². The Kier molecular flexibility index (Phi) is 6.07. The van der Waals surface area contributed by atoms with Crippen LogP contribution in [0, 0.1) is 0 Å². The van der Waals surface area contributed by atoms with Crippen molar-refractivity contribution in [3.05, 3.63) is 48.0 Å². The number of methoxy groups -OCH3 is 2. The van der Waals surface area contributed by atoms with Crippen molar-refractivity contribution < 1.29 is 14.3 Å². The zero-order valence-corrected chi connectivity index (χ0v) is 14.6. The molecule has 0 spiro atoms. The predicted molar refractivity (Wildman–Crippen MR) is 97.2 cm³/mol. The molecular weight excluding hydrogens is 304 g/mol. The highest BCUT2D eigenvalue weighted by atomic mass is 16.5. The molecule has 0 atom stereocenters. The number of carbonyl (C=O) groups is 1. The average Bonchev–Trinajstić information content (AvgIpc) is 2.60. The molecule has 0 bridgehead atoms. The number of rotatable bonds is 7. The molecule has 2 aromatic carbocycles. The van der Waals surface area contributed by atoms with Gasteiger partial charge in [0.15, 0.2) is 0 Å². The molecular formula is C19H24N2O3. The molecule has 0 radical (unpaired) electrons. The van der Waals surface area contributed by atoms with Crippen LogP contribution in [0.3, 0.4) is 0 Å². The molecule has 0 saturated heterocycles. The van der Waals surface area contributed by atoms with E-state index in [1.807, 2.05) is 36.4 Å². The Labute approximate surface area is 143 Å². The number of anilines is 2. The first kappa shape index (κ1) is 17.7. The lowest BCUT2D eigenvalue weighted by Gasteiger charge is -2.15. The van der Waals surface area contributed by atoms with Crippen LogP contribution in [0.4, 0.5) is 11.4 Å². The van der Waals surface area contributed by atoms with Crippen molar-refractivity contribution in [1.82, 2.24) is 0 Å². The predicted octanol–water partition coefficient (Wildman–Crippen LogP) is 3.88. The highest BCUT2D eigenvalue weighted by Crippen LogP contribution is 2.29. The van der Waals surface area contributed by atoms with Gasteiger partial charge in [-0.25, -0.2) is 0 Å². The highest BCUT2D eigenvalue weighted by Gasteiger charge is 2.10. The van der Waals surface area contributed by atoms with Gasteiger partial charge in [0.25, 0.3) is 0 Å². The Balaban J connectivity index is 2.02. The maximum atomic E-state index is 12.2. The standard InChI is InChI=1S/C19H24N2O3/c1-13(2)15-7-5-6-8-16(15)21-19(22)12-20-17-10-9-14(23-3)11-18(17)24-4/h5-11,13,20H,12H2,1-4H3,(H,21,22). The third-order valence-corrected chi connectivity index (χ3v) is 3.70. The van der Waals surface area contributed by atoms with Gasteiger partial charge in [0.2, 0.25) is 5.91 Å². The maximum Gasteiger partial charge on any atom is 0.243 e. The molecule has 0 saturated carbocycles. The molecule has 2 aromatic rings. The molecule has 0 fully saturated rings. The summed E-state index contributed by atoms with van der Waals surface area (Å²) < 4.78 is 10.5. The van der Waals surface area contributed by atoms with Gasteiger partial charge >= 0.3 is 0 Å². The van der Waals surface area contributed by atoms with E-state index in [0.29, 0.717) is 17.4 Å². The molecule has 2 N–H and O–H groups in total. The van der Waals surface area contributed by atoms with E-state index in [2.05, 4.69) is 24.5 Å². The van der Waals surface area contributed by atoms with E-state index >= 15 is 0 Å². The molecule has 5 heteroatoms. The van der Waals surface area contributed by atoms with Gasteiger partial charge in [-0.3, -0.25) is 4.79 Å². The number of benzene rings is 2. The summed E-state index contributed by atoms with van der Waals surface area (Å²) in [4.78, 5) is 12.2. The smallest absolute Gasteiger partial charge is 0.243 e. The van der Waals surface area contributed by atoms with Crippen LogP contribution in [0.2, 0.25) is 0 Å². The first-order valence-corrected chi connectivity index (χ1v) is 7.89. The number of carbonyl (C=O) groups excluding carboxylic acids is 1. The zero-order valence-electron chi connectivity index (χ0n) is 14.6. The summed E-state index contributed by atoms with van der Waals surface area (Å²) in [5.41, 5.74) is 2.71. The number of para-hydroxylation sites is 1. The second-order valence-electron chi connectivity index (χ2n) is 5.71. The molecule has 0 heterocycles. The Morgan fingerprint density at radius 1 is 1.04 bits per heavy atom. The minimum absolute atomic E-state index is 0.110. The van der Waals surface area contributed by atoms with E-state index in [4.69, 9.17) is 9.47 Å². The minimum atomic E-state index is -0.110. The Hall–Kier alpha value is -2.69. The van der Waals surface area contributed by atoms with Crippen molar-refractivity contribution in [2.24, 2.45) is 0 Å². The van der Waals surface area contributed by atoms with Crippen molar-refractivity contribution in [3.63, 3.8) is 0 Å². The fourth-order valence-electron chi connectivity index (χ4n) is 2.43. The first-order valence-electron chi connectivity index (χ1n) is 7.89. The molecule has 128 valence electrons. The number of ether oxygens (including phenoxy) is 2. The van der Waals surface area contributed by atoms with Gasteiger partial charge in [-0.1, -0.05) is 32.0 Å². The quantitative estimate of drug-likeness (QED) is 0.810. The van der Waals surface area contributed by atoms with Gasteiger partial charge in [-0.2, -0.15) is 0 Å². The van der Waals surface area contributed by atoms with Gasteiger partial charge in [-0.05, 0) is 29.7 Å². The summed E-state index contributed by atoms with van der Waals surface area (Å²) in [6.45, 7) is 4.35. The van der Waals surface area contributed by atoms with Crippen LogP contribution in [0.5, 0.6) is 11.5 Å². The van der Waals surface area contributed by atoms with E-state index in [1.54, 1.807) is 20.3 Å². The SMILES string of the molecule is COc1ccc(NCC(=O)Nc2ccccc2C(C)C)c(OC)c1. The highest BCUT2D eigenvalue weighted by molar-refractivity contribution is 5.94. The van der Waals surface area contributed by atoms with E-state index in [1.165, 1.54) is 0 Å². The van der Waals surface area contributed by atoms with E-state index < -0.39 is 0 Å². The summed E-state index contributed by atoms with van der Waals surface area (Å²) in [6, 6.07) is 13.3. The van der Waals surface area contributed by atoms with Gasteiger partial charge < -0.3 is 20.1 Å². The molecule has 24 heavy (non-hydrogen) atoms. The largest absolute Gasteiger partial charge is 0.497 e. The lowest BCUT2D eigenvalue weighted by molar-refractivity contribution is -0.114. The molecule has 0 aromatic heterocycles. The number of hydrogen-bond donors (Lipinski definition) is 2. The molecule has 1 amide bonds. The summed E-state index contributed by atoms with van der Waals surface area (Å²) in [7, 11) is 3.18. The Bertz CT molecular complexity index is 699. The van der Waals surface area contributed by atoms with Crippen LogP contribution in [0.1, 0.15) is 25.3 Å². The monoisotopic (exact) mass is 328 g/mol. The summed E-state index contributed by atoms with van der Waals surface area (Å²) in [5, 5.41) is 6.05. The van der Waals surface area contributed by atoms with Gasteiger partial charge in [-0.15, -0.1) is 0 Å². The zero-order chi connectivity index (χ0) is 17.5. The minimum Gasteiger partial charge on any atom is -0.497 e. The topological polar surface area (TPSA) is 59.6 Å². The van der Waals surface area contributed by atoms with E-state index in [9.17, 15) is 4.79 Å². The number of hydrogen-bond acceptors (Lipinski definition) is 4. The number of nitrogens with one attached hydrogen (secondary N) is 2. The molecule has 0 unspecified atom stereocenters. The van der Waals surface area contributed by atoms with Gasteiger partial charge in [0.05, 0.1) is 26.5 Å². The van der Waals surface area contributed by atoms with Crippen molar-refractivity contribution in [2.45, 2.75) is 19.8 Å². The van der Waals surface area contributed by atoms with Crippen molar-refractivity contribution >= 4 is 17.3 Å². The van der Waals surface area contributed by atoms with Crippen LogP contribution < -0.4 is 20.1 Å². The van der Waals surface area contributed by atoms with Crippen LogP contribution >= 0.6 is 0 Å². The summed E-state index contributed by atoms with van der Waals surface area (Å²) in [5.74, 6) is 1.56. The molecule has 0 aliphatic heterocycles. The maximum absolute atomic E-state index is 12.2. The fraction of sp³-hybridized carbons (Fsp3) is 0.316. The van der Waals surface area contributed by atoms with Crippen LogP contribution in [-0.4, -0.2) is 26.7 Å². The third-order valence-electron chi connectivity index (χ3n) is 3.70. The normalized spacial score (nSPS) is 10.4. The number of amides is 1. The Morgan fingerprint density at radius 3 is 2.46 bits per heavy atom. The van der Waals surface area contributed by atoms with Crippen molar-refractivity contribution in [2.75, 3.05) is 31.4 Å². The Morgan fingerprint density at radius 2 is 1.79 bits per heavy atom. The second-order valence-corrected chi connectivity index (χ2v) is 5.71. The lowest BCUT2D eigenvalue weighted by atomic mass is 10.0. The van der Waals surface area contributed by atoms with Crippen LogP contribution in [0.15, 0.2) is 42.5 Å².